The van der Waals surface area contributed by atoms with Crippen LogP contribution in [0.5, 0.6) is 34.5 Å². The van der Waals surface area contributed by atoms with Gasteiger partial charge >= 0.3 is 83.6 Å². The molecule has 0 aromatic heterocycles. The number of carbonyl (C=O) groups excluding carboxylic acids is 12. The van der Waals surface area contributed by atoms with Crippen LogP contribution in [-0.2, 0) is 101 Å². The highest BCUT2D eigenvalue weighted by Crippen LogP contribution is 2.22. The lowest BCUT2D eigenvalue weighted by molar-refractivity contribution is -0.249. The lowest BCUT2D eigenvalue weighted by Crippen LogP contribution is -2.16. The molecule has 0 aliphatic heterocycles. The Hall–Kier alpha value is -15.7. The minimum atomic E-state index is -1.06. The zero-order valence-corrected chi connectivity index (χ0v) is 67.8. The zero-order chi connectivity index (χ0) is 91.0. The molecular weight excluding hydrogens is 1620 g/mol. The molecule has 0 fully saturated rings. The molecule has 0 spiro atoms. The summed E-state index contributed by atoms with van der Waals surface area (Å²) in [5.41, 5.74) is 6.99. The van der Waals surface area contributed by atoms with E-state index in [4.69, 9.17) is 43.7 Å². The molecule has 124 heavy (non-hydrogen) atoms. The Morgan fingerprint density at radius 3 is 0.887 bits per heavy atom. The van der Waals surface area contributed by atoms with Gasteiger partial charge in [-0.15, -0.1) is 0 Å². The number of aliphatic carboxylic acids is 1. The highest BCUT2D eigenvalue weighted by atomic mass is 17.2. The number of ether oxygens (including phenoxy) is 9. The van der Waals surface area contributed by atoms with Crippen molar-refractivity contribution in [2.75, 3.05) is 54.9 Å². The maximum atomic E-state index is 12.4. The van der Waals surface area contributed by atoms with E-state index in [-0.39, 0.29) is 99.2 Å². The minimum Gasteiger partial charge on any atom is -0.508 e. The van der Waals surface area contributed by atoms with E-state index in [1.807, 2.05) is 26.0 Å². The molecule has 0 saturated heterocycles. The van der Waals surface area contributed by atoms with Gasteiger partial charge in [0.1, 0.15) is 60.9 Å². The maximum absolute atomic E-state index is 12.4. The van der Waals surface area contributed by atoms with Crippen molar-refractivity contribution in [3.8, 4) is 34.5 Å². The molecule has 654 valence electrons. The van der Waals surface area contributed by atoms with Crippen molar-refractivity contribution < 1.29 is 160 Å². The Morgan fingerprint density at radius 2 is 0.581 bits per heavy atom. The van der Waals surface area contributed by atoms with E-state index >= 15 is 0 Å². The van der Waals surface area contributed by atoms with Crippen LogP contribution < -0.4 is 18.9 Å². The summed E-state index contributed by atoms with van der Waals surface area (Å²) in [5, 5.41) is 34.9. The Morgan fingerprint density at radius 1 is 0.323 bits per heavy atom. The van der Waals surface area contributed by atoms with Gasteiger partial charge in [-0.1, -0.05) is 105 Å². The first-order valence-corrected chi connectivity index (χ1v) is 36.1. The predicted molar refractivity (Wildman–Crippen MR) is 446 cm³/mol. The lowest BCUT2D eigenvalue weighted by atomic mass is 10.1. The molecule has 8 rings (SSSR count). The number of hydrogen-bond acceptors (Lipinski definition) is 31. The fraction of sp³-hybridized carbons (Fsp3) is 0.187. The normalized spacial score (nSPS) is 10.1. The van der Waals surface area contributed by atoms with Gasteiger partial charge in [0.25, 0.3) is 0 Å². The third-order valence-corrected chi connectivity index (χ3v) is 14.5. The number of rotatable bonds is 33. The summed E-state index contributed by atoms with van der Waals surface area (Å²) in [7, 11) is 5.03. The van der Waals surface area contributed by atoms with Crippen molar-refractivity contribution in [1.29, 1.82) is 0 Å². The smallest absolute Gasteiger partial charge is 0.365 e. The Kier molecular flexibility index (Phi) is 49.7. The SMILES string of the molecule is C.C=C(C)C(=O)OCCOC(=O)CCC(=O)O.C=C(C)C(=O)OCCOC(=O)CCC(=O)Oc1ccc(C(=O)Oc2ccc(/C=C/C(=O)OOC)cc2)cc1.COC(=O)/C=C/c1ccc(O)cc1.COOC(=O)/C=C/c1ccc(OC(=O)c2ccc(C)cc2)cc1.COOC(=O)/C=C/c1ccc(OC(=O)c2ccc(O)cc2)cc1.Cc1ccc(C(=O)O)cc1. The number of esters is 9. The number of phenolic OH excluding ortho intramolecular Hbond substituents is 2. The van der Waals surface area contributed by atoms with Crippen LogP contribution in [-0.4, -0.2) is 159 Å². The van der Waals surface area contributed by atoms with E-state index in [9.17, 15) is 72.2 Å². The molecule has 0 aliphatic carbocycles. The molecule has 0 radical (unpaired) electrons. The number of phenols is 2. The number of carboxylic acids is 2. The maximum Gasteiger partial charge on any atom is 0.365 e. The van der Waals surface area contributed by atoms with Crippen LogP contribution in [0, 0.1) is 13.8 Å². The summed E-state index contributed by atoms with van der Waals surface area (Å²) < 4.78 is 44.3. The van der Waals surface area contributed by atoms with Crippen molar-refractivity contribution >= 4 is 108 Å². The van der Waals surface area contributed by atoms with Gasteiger partial charge in [-0.05, 0) is 196 Å². The summed E-state index contributed by atoms with van der Waals surface area (Å²) in [6.07, 6.45) is 10.2. The summed E-state index contributed by atoms with van der Waals surface area (Å²) >= 11 is 0. The van der Waals surface area contributed by atoms with Gasteiger partial charge in [0.2, 0.25) is 0 Å². The van der Waals surface area contributed by atoms with E-state index in [0.717, 1.165) is 27.8 Å². The van der Waals surface area contributed by atoms with Crippen LogP contribution in [0.1, 0.15) is 122 Å². The lowest BCUT2D eigenvalue weighted by Gasteiger charge is -2.07. The standard InChI is InChI=1S/C27H26O11.C18H16O5.C17H14O6.C10H14O6.C10H10O3.C8H8O2.CH4/c1-18(2)26(31)35-17-16-34-23(28)14-15-24(29)36-21-11-7-20(8-12-21)27(32)37-22-9-4-19(5-10-22)6-13-25(30)38-33-3;1-13-3-8-15(9-4-13)18(20)22-16-10-5-14(6-11-16)7-12-17(19)23-21-2;1-21-23-16(19)11-4-12-2-9-15(10-3-12)22-17(20)13-5-7-14(18)8-6-13;1-7(2)10(14)16-6-5-15-9(13)4-3-8(11)12;1-13-10(12)7-4-8-2-5-9(11)6-3-8;1-6-2-4-7(5-3-6)8(9)10;/h4-13H,1,14-17H2,2-3H3;3-12H,1-2H3;2-11,18H,1H3;1,3-6H2,2H3,(H,11,12);2-7,11H,1H3;2-5H,1H3,(H,9,10);1H4/b13-6+;12-7+;11-4+;;7-4+;;. The van der Waals surface area contributed by atoms with Crippen molar-refractivity contribution in [1.82, 2.24) is 0 Å². The predicted octanol–water partition coefficient (Wildman–Crippen LogP) is 13.9. The molecule has 0 amide bonds. The van der Waals surface area contributed by atoms with Gasteiger partial charge in [0, 0.05) is 35.5 Å². The van der Waals surface area contributed by atoms with Crippen LogP contribution in [0.4, 0.5) is 0 Å². The second-order valence-electron chi connectivity index (χ2n) is 24.3. The van der Waals surface area contributed by atoms with E-state index in [0.29, 0.717) is 33.8 Å². The molecule has 0 aliphatic rings. The largest absolute Gasteiger partial charge is 0.508 e. The van der Waals surface area contributed by atoms with Crippen molar-refractivity contribution in [3.05, 3.63) is 298 Å². The van der Waals surface area contributed by atoms with Crippen molar-refractivity contribution in [2.45, 2.75) is 60.8 Å². The number of carboxylic acid groups (broad SMARTS) is 2. The van der Waals surface area contributed by atoms with Gasteiger partial charge < -0.3 is 63.1 Å². The quantitative estimate of drug-likeness (QED) is 0.00564. The van der Waals surface area contributed by atoms with E-state index < -0.39 is 83.6 Å². The molecule has 8 aromatic carbocycles. The topological polar surface area (TPSA) is 458 Å². The number of benzene rings is 8. The first-order chi connectivity index (χ1) is 58.7. The van der Waals surface area contributed by atoms with E-state index in [1.54, 1.807) is 146 Å². The molecule has 0 unspecified atom stereocenters. The second-order valence-corrected chi connectivity index (χ2v) is 24.3. The van der Waals surface area contributed by atoms with Crippen LogP contribution in [0.3, 0.4) is 0 Å². The van der Waals surface area contributed by atoms with Gasteiger partial charge in [0.15, 0.2) is 0 Å². The fourth-order valence-electron chi connectivity index (χ4n) is 8.29. The average Bonchev–Trinajstić information content (AvgIpc) is 0.849. The number of aryl methyl sites for hydroxylation is 2. The highest BCUT2D eigenvalue weighted by Gasteiger charge is 2.16. The highest BCUT2D eigenvalue weighted by molar-refractivity contribution is 5.94. The summed E-state index contributed by atoms with van der Waals surface area (Å²) in [4.78, 5) is 183. The zero-order valence-electron chi connectivity index (χ0n) is 67.8. The Balaban J connectivity index is 0.000000530. The molecule has 4 N–H and O–H groups in total. The number of aromatic carboxylic acids is 1. The van der Waals surface area contributed by atoms with Crippen LogP contribution in [0.15, 0.2) is 243 Å². The average molecular weight is 1710 g/mol. The molecule has 33 heteroatoms. The van der Waals surface area contributed by atoms with Crippen molar-refractivity contribution in [3.63, 3.8) is 0 Å². The van der Waals surface area contributed by atoms with Crippen LogP contribution >= 0.6 is 0 Å². The molecule has 0 saturated carbocycles. The minimum absolute atomic E-state index is 0. The van der Waals surface area contributed by atoms with Crippen molar-refractivity contribution in [2.24, 2.45) is 0 Å². The summed E-state index contributed by atoms with van der Waals surface area (Å²) in [5.74, 6) is -7.40. The molecular formula is C91H92O33. The third-order valence-electron chi connectivity index (χ3n) is 14.5. The summed E-state index contributed by atoms with van der Waals surface area (Å²) in [6, 6.07) is 51.5. The number of hydrogen-bond donors (Lipinski definition) is 4. The number of methoxy groups -OCH3 is 1. The first-order valence-electron chi connectivity index (χ1n) is 36.1. The van der Waals surface area contributed by atoms with Gasteiger partial charge in [-0.3, -0.25) is 33.8 Å². The molecule has 0 atom stereocenters. The number of aromatic hydroxyl groups is 2. The molecule has 33 nitrogen and oxygen atoms in total. The van der Waals surface area contributed by atoms with Gasteiger partial charge in [-0.2, -0.15) is 14.7 Å². The number of carbonyl (C=O) groups is 14. The Labute approximate surface area is 712 Å². The van der Waals surface area contributed by atoms with Crippen LogP contribution in [0.25, 0.3) is 24.3 Å². The second kappa shape index (κ2) is 59.0. The van der Waals surface area contributed by atoms with Gasteiger partial charge in [0.05, 0.1) is 76.4 Å². The van der Waals surface area contributed by atoms with E-state index in [1.165, 1.54) is 127 Å². The summed E-state index contributed by atoms with van der Waals surface area (Å²) in [6.45, 7) is 13.3. The van der Waals surface area contributed by atoms with Crippen LogP contribution in [0.2, 0.25) is 0 Å². The van der Waals surface area contributed by atoms with E-state index in [2.05, 4.69) is 56.7 Å². The molecule has 0 bridgehead atoms. The third kappa shape index (κ3) is 46.4. The Bertz CT molecular complexity index is 4820. The fourth-order valence-corrected chi connectivity index (χ4v) is 8.29. The van der Waals surface area contributed by atoms with Gasteiger partial charge in [-0.25, -0.2) is 47.9 Å². The monoisotopic (exact) mass is 1710 g/mol. The molecule has 0 heterocycles. The molecule has 8 aromatic rings. The first kappa shape index (κ1) is 104.